The molecular formula is C34H37N3O2. The molecule has 0 spiro atoms. The number of aryl methyl sites for hydroxylation is 1. The van der Waals surface area contributed by atoms with Crippen molar-refractivity contribution >= 4 is 17.5 Å². The third-order valence-corrected chi connectivity index (χ3v) is 10.4. The van der Waals surface area contributed by atoms with Crippen LogP contribution in [-0.4, -0.2) is 33.9 Å². The van der Waals surface area contributed by atoms with Gasteiger partial charge in [-0.25, -0.2) is 0 Å². The summed E-state index contributed by atoms with van der Waals surface area (Å²) in [6.07, 6.45) is 11.2. The van der Waals surface area contributed by atoms with Crippen LogP contribution in [0.15, 0.2) is 66.9 Å². The Labute approximate surface area is 230 Å². The van der Waals surface area contributed by atoms with Crippen LogP contribution in [-0.2, 0) is 9.59 Å². The van der Waals surface area contributed by atoms with Gasteiger partial charge < -0.3 is 9.47 Å². The van der Waals surface area contributed by atoms with E-state index in [-0.39, 0.29) is 35.9 Å². The lowest BCUT2D eigenvalue weighted by Crippen LogP contribution is -2.57. The van der Waals surface area contributed by atoms with Crippen molar-refractivity contribution in [3.8, 4) is 5.69 Å². The van der Waals surface area contributed by atoms with Crippen LogP contribution in [0.4, 0.5) is 5.69 Å². The normalized spacial score (nSPS) is 30.1. The molecule has 1 atom stereocenters. The summed E-state index contributed by atoms with van der Waals surface area (Å²) in [6.45, 7) is 2.26. The van der Waals surface area contributed by atoms with Crippen molar-refractivity contribution in [2.45, 2.75) is 70.4 Å². The van der Waals surface area contributed by atoms with E-state index in [9.17, 15) is 9.59 Å². The monoisotopic (exact) mass is 519 g/mol. The first-order valence-electron chi connectivity index (χ1n) is 15.0. The SMILES string of the molecule is Cc1ccc(C2c3cccn3-c3ccccc3N2C(=O)CN(C(=O)C23CC4CC(CC(C4)C2)C3)C2CC2)cc1. The lowest BCUT2D eigenvalue weighted by molar-refractivity contribution is -0.159. The largest absolute Gasteiger partial charge is 0.330 e. The number of carbonyl (C=O) groups is 2. The molecule has 5 fully saturated rings. The number of amides is 2. The van der Waals surface area contributed by atoms with Gasteiger partial charge in [-0.05, 0) is 106 Å². The average molecular weight is 520 g/mol. The number of hydrogen-bond donors (Lipinski definition) is 0. The summed E-state index contributed by atoms with van der Waals surface area (Å²) < 4.78 is 2.21. The van der Waals surface area contributed by atoms with E-state index in [4.69, 9.17) is 0 Å². The zero-order valence-electron chi connectivity index (χ0n) is 22.8. The Kier molecular flexibility index (Phi) is 5.18. The Hall–Kier alpha value is -3.34. The van der Waals surface area contributed by atoms with Gasteiger partial charge in [0.1, 0.15) is 12.6 Å². The molecule has 3 aromatic rings. The average Bonchev–Trinajstić information content (AvgIpc) is 3.65. The molecule has 2 heterocycles. The van der Waals surface area contributed by atoms with Gasteiger partial charge in [0, 0.05) is 12.2 Å². The number of nitrogens with zero attached hydrogens (tertiary/aromatic N) is 3. The molecule has 1 aromatic heterocycles. The summed E-state index contributed by atoms with van der Waals surface area (Å²) in [7, 11) is 0. The predicted octanol–water partition coefficient (Wildman–Crippen LogP) is 6.43. The Morgan fingerprint density at radius 1 is 0.846 bits per heavy atom. The maximum Gasteiger partial charge on any atom is 0.247 e. The summed E-state index contributed by atoms with van der Waals surface area (Å²) in [4.78, 5) is 33.0. The molecule has 5 heteroatoms. The van der Waals surface area contributed by atoms with Gasteiger partial charge in [0.15, 0.2) is 0 Å². The second kappa shape index (κ2) is 8.58. The maximum atomic E-state index is 14.5. The van der Waals surface area contributed by atoms with E-state index < -0.39 is 0 Å². The van der Waals surface area contributed by atoms with E-state index >= 15 is 0 Å². The van der Waals surface area contributed by atoms with Crippen molar-refractivity contribution in [1.29, 1.82) is 0 Å². The third-order valence-electron chi connectivity index (χ3n) is 10.4. The van der Waals surface area contributed by atoms with E-state index in [1.54, 1.807) is 0 Å². The van der Waals surface area contributed by atoms with Crippen LogP contribution in [0, 0.1) is 30.1 Å². The molecule has 5 saturated carbocycles. The van der Waals surface area contributed by atoms with Gasteiger partial charge in [-0.15, -0.1) is 0 Å². The molecule has 2 amide bonds. The summed E-state index contributed by atoms with van der Waals surface area (Å²) in [5, 5.41) is 0. The zero-order valence-corrected chi connectivity index (χ0v) is 22.8. The molecule has 5 nitrogen and oxygen atoms in total. The number of anilines is 1. The van der Waals surface area contributed by atoms with Crippen LogP contribution >= 0.6 is 0 Å². The number of aromatic nitrogens is 1. The van der Waals surface area contributed by atoms with Gasteiger partial charge in [0.25, 0.3) is 0 Å². The fourth-order valence-electron chi connectivity index (χ4n) is 8.98. The van der Waals surface area contributed by atoms with E-state index in [1.807, 2.05) is 21.9 Å². The summed E-state index contributed by atoms with van der Waals surface area (Å²) >= 11 is 0. The van der Waals surface area contributed by atoms with Gasteiger partial charge in [-0.1, -0.05) is 42.0 Å². The second-order valence-corrected chi connectivity index (χ2v) is 13.2. The van der Waals surface area contributed by atoms with Crippen molar-refractivity contribution in [1.82, 2.24) is 9.47 Å². The maximum absolute atomic E-state index is 14.5. The number of benzene rings is 2. The first-order valence-corrected chi connectivity index (χ1v) is 15.0. The van der Waals surface area contributed by atoms with E-state index in [0.717, 1.165) is 54.7 Å². The van der Waals surface area contributed by atoms with E-state index in [1.165, 1.54) is 24.8 Å². The van der Waals surface area contributed by atoms with Gasteiger partial charge in [-0.3, -0.25) is 14.5 Å². The lowest BCUT2D eigenvalue weighted by Gasteiger charge is -2.56. The minimum Gasteiger partial charge on any atom is -0.330 e. The first kappa shape index (κ1) is 23.5. The van der Waals surface area contributed by atoms with Crippen LogP contribution in [0.1, 0.15) is 74.2 Å². The van der Waals surface area contributed by atoms with Crippen molar-refractivity contribution < 1.29 is 9.59 Å². The molecule has 5 aliphatic carbocycles. The molecule has 1 unspecified atom stereocenters. The number of hydrogen-bond acceptors (Lipinski definition) is 2. The Bertz CT molecular complexity index is 1410. The molecule has 9 rings (SSSR count). The van der Waals surface area contributed by atoms with Crippen molar-refractivity contribution in [2.24, 2.45) is 23.2 Å². The number of fused-ring (bicyclic) bond motifs is 3. The molecule has 4 bridgehead atoms. The van der Waals surface area contributed by atoms with Crippen LogP contribution in [0.25, 0.3) is 5.69 Å². The summed E-state index contributed by atoms with van der Waals surface area (Å²) in [5.74, 6) is 2.45. The van der Waals surface area contributed by atoms with Crippen LogP contribution in [0.3, 0.4) is 0 Å². The minimum atomic E-state index is -0.237. The molecule has 2 aromatic carbocycles. The highest BCUT2D eigenvalue weighted by molar-refractivity contribution is 6.01. The van der Waals surface area contributed by atoms with Crippen LogP contribution < -0.4 is 4.90 Å². The highest BCUT2D eigenvalue weighted by atomic mass is 16.2. The molecule has 6 aliphatic rings. The minimum absolute atomic E-state index is 0.0189. The molecule has 0 saturated heterocycles. The van der Waals surface area contributed by atoms with E-state index in [2.05, 4.69) is 66.2 Å². The molecule has 0 radical (unpaired) electrons. The molecule has 1 aliphatic heterocycles. The molecule has 39 heavy (non-hydrogen) atoms. The highest BCUT2D eigenvalue weighted by Crippen LogP contribution is 2.61. The van der Waals surface area contributed by atoms with Crippen LogP contribution in [0.2, 0.25) is 0 Å². The van der Waals surface area contributed by atoms with Crippen molar-refractivity contribution in [3.05, 3.63) is 83.7 Å². The summed E-state index contributed by atoms with van der Waals surface area (Å²) in [6, 6.07) is 20.9. The first-order chi connectivity index (χ1) is 19.0. The second-order valence-electron chi connectivity index (χ2n) is 13.2. The quantitative estimate of drug-likeness (QED) is 0.390. The molecular weight excluding hydrogens is 482 g/mol. The Balaban J connectivity index is 1.16. The Morgan fingerprint density at radius 3 is 2.13 bits per heavy atom. The molecule has 0 N–H and O–H groups in total. The standard InChI is InChI=1S/C34H37N3O2/c1-22-8-10-26(11-9-22)32-30-7-4-14-35(30)28-5-2-3-6-29(28)37(32)31(38)21-36(27-12-13-27)33(39)34-18-23-15-24(19-34)17-25(16-23)20-34/h2-11,14,23-25,27,32H,12-13,15-21H2,1H3. The van der Waals surface area contributed by atoms with Gasteiger partial charge in [-0.2, -0.15) is 0 Å². The lowest BCUT2D eigenvalue weighted by atomic mass is 9.49. The topological polar surface area (TPSA) is 45.6 Å². The fourth-order valence-corrected chi connectivity index (χ4v) is 8.98. The van der Waals surface area contributed by atoms with Crippen molar-refractivity contribution in [2.75, 3.05) is 11.4 Å². The number of rotatable bonds is 5. The Morgan fingerprint density at radius 2 is 1.49 bits per heavy atom. The van der Waals surface area contributed by atoms with Crippen LogP contribution in [0.5, 0.6) is 0 Å². The number of carbonyl (C=O) groups excluding carboxylic acids is 2. The smallest absolute Gasteiger partial charge is 0.247 e. The predicted molar refractivity (Wildman–Crippen MR) is 152 cm³/mol. The molecule has 200 valence electrons. The third kappa shape index (κ3) is 3.72. The highest BCUT2D eigenvalue weighted by Gasteiger charge is 2.57. The summed E-state index contributed by atoms with van der Waals surface area (Å²) in [5.41, 5.74) is 5.08. The van der Waals surface area contributed by atoms with Gasteiger partial charge >= 0.3 is 0 Å². The van der Waals surface area contributed by atoms with Gasteiger partial charge in [0.05, 0.1) is 22.5 Å². The fraction of sp³-hybridized carbons (Fsp3) is 0.471. The number of para-hydroxylation sites is 2. The van der Waals surface area contributed by atoms with Crippen molar-refractivity contribution in [3.63, 3.8) is 0 Å². The zero-order chi connectivity index (χ0) is 26.3. The van der Waals surface area contributed by atoms with E-state index in [0.29, 0.717) is 17.8 Å². The van der Waals surface area contributed by atoms with Gasteiger partial charge in [0.2, 0.25) is 11.8 Å².